The highest BCUT2D eigenvalue weighted by atomic mass is 16.5. The predicted octanol–water partition coefficient (Wildman–Crippen LogP) is 1.45. The lowest BCUT2D eigenvalue weighted by Crippen LogP contribution is -2.35. The molecule has 0 aromatic carbocycles. The van der Waals surface area contributed by atoms with Gasteiger partial charge in [-0.25, -0.2) is 0 Å². The minimum atomic E-state index is 0.108. The molecule has 0 aliphatic heterocycles. The summed E-state index contributed by atoms with van der Waals surface area (Å²) in [5.41, 5.74) is 0. The van der Waals surface area contributed by atoms with Crippen molar-refractivity contribution in [3.05, 3.63) is 0 Å². The topological polar surface area (TPSA) is 50.4 Å². The zero-order valence-electron chi connectivity index (χ0n) is 11.2. The van der Waals surface area contributed by atoms with Crippen LogP contribution in [0.2, 0.25) is 0 Å². The minimum absolute atomic E-state index is 0.108. The fraction of sp³-hybridized carbons (Fsp3) is 0.929. The Morgan fingerprint density at radius 1 is 1.17 bits per heavy atom. The van der Waals surface area contributed by atoms with Gasteiger partial charge in [-0.3, -0.25) is 4.79 Å². The molecule has 2 fully saturated rings. The molecule has 2 rings (SSSR count). The fourth-order valence-corrected chi connectivity index (χ4v) is 2.38. The number of rotatable bonds is 9. The van der Waals surface area contributed by atoms with Crippen LogP contribution >= 0.6 is 0 Å². The van der Waals surface area contributed by atoms with E-state index in [1.54, 1.807) is 0 Å². The smallest absolute Gasteiger partial charge is 0.233 e. The van der Waals surface area contributed by atoms with E-state index >= 15 is 0 Å². The molecule has 0 saturated heterocycles. The van der Waals surface area contributed by atoms with Crippen molar-refractivity contribution >= 4 is 5.91 Å². The third kappa shape index (κ3) is 5.83. The monoisotopic (exact) mass is 254 g/mol. The molecule has 4 heteroatoms. The third-order valence-corrected chi connectivity index (χ3v) is 3.71. The zero-order valence-corrected chi connectivity index (χ0v) is 11.2. The Labute approximate surface area is 110 Å². The van der Waals surface area contributed by atoms with Gasteiger partial charge in [0.2, 0.25) is 5.91 Å². The number of nitrogens with one attached hydrogen (secondary N) is 2. The van der Waals surface area contributed by atoms with Crippen LogP contribution in [0.1, 0.15) is 44.9 Å². The summed E-state index contributed by atoms with van der Waals surface area (Å²) < 4.78 is 5.74. The molecule has 0 unspecified atom stereocenters. The number of carbonyl (C=O) groups is 1. The molecular weight excluding hydrogens is 228 g/mol. The van der Waals surface area contributed by atoms with E-state index in [4.69, 9.17) is 4.74 Å². The Hall–Kier alpha value is -0.610. The van der Waals surface area contributed by atoms with E-state index < -0.39 is 0 Å². The maximum atomic E-state index is 11.4. The van der Waals surface area contributed by atoms with Gasteiger partial charge in [0.25, 0.3) is 0 Å². The van der Waals surface area contributed by atoms with E-state index in [-0.39, 0.29) is 5.91 Å². The first-order chi connectivity index (χ1) is 8.84. The second-order valence-electron chi connectivity index (χ2n) is 5.56. The average molecular weight is 254 g/mol. The van der Waals surface area contributed by atoms with Gasteiger partial charge in [-0.2, -0.15) is 0 Å². The van der Waals surface area contributed by atoms with Gasteiger partial charge in [-0.05, 0) is 44.6 Å². The standard InChI is InChI=1S/C14H26N2O2/c17-14(11-15-10-12-6-7-12)16-8-3-9-18-13-4-1-2-5-13/h12-13,15H,1-11H2,(H,16,17). The number of ether oxygens (including phenoxy) is 1. The van der Waals surface area contributed by atoms with E-state index in [0.717, 1.165) is 32.0 Å². The normalized spacial score (nSPS) is 20.2. The lowest BCUT2D eigenvalue weighted by Gasteiger charge is -2.11. The van der Waals surface area contributed by atoms with Gasteiger partial charge in [0.1, 0.15) is 0 Å². The molecule has 2 aliphatic carbocycles. The van der Waals surface area contributed by atoms with Crippen LogP contribution in [-0.2, 0) is 9.53 Å². The number of hydrogen-bond donors (Lipinski definition) is 2. The van der Waals surface area contributed by atoms with Crippen LogP contribution in [0.3, 0.4) is 0 Å². The molecule has 4 nitrogen and oxygen atoms in total. The van der Waals surface area contributed by atoms with Crippen molar-refractivity contribution in [1.29, 1.82) is 0 Å². The summed E-state index contributed by atoms with van der Waals surface area (Å²) in [4.78, 5) is 11.4. The van der Waals surface area contributed by atoms with Gasteiger partial charge in [0.05, 0.1) is 12.6 Å². The second kappa shape index (κ2) is 7.74. The highest BCUT2D eigenvalue weighted by Crippen LogP contribution is 2.27. The predicted molar refractivity (Wildman–Crippen MR) is 71.4 cm³/mol. The first-order valence-corrected chi connectivity index (χ1v) is 7.43. The van der Waals surface area contributed by atoms with E-state index in [1.165, 1.54) is 38.5 Å². The summed E-state index contributed by atoms with van der Waals surface area (Å²) in [6.07, 6.45) is 9.13. The molecule has 104 valence electrons. The lowest BCUT2D eigenvalue weighted by atomic mass is 10.3. The summed E-state index contributed by atoms with van der Waals surface area (Å²) in [6, 6.07) is 0. The van der Waals surface area contributed by atoms with Gasteiger partial charge in [0, 0.05) is 13.2 Å². The van der Waals surface area contributed by atoms with Crippen LogP contribution in [0.5, 0.6) is 0 Å². The maximum absolute atomic E-state index is 11.4. The van der Waals surface area contributed by atoms with E-state index in [9.17, 15) is 4.79 Å². The van der Waals surface area contributed by atoms with Crippen LogP contribution in [0.4, 0.5) is 0 Å². The van der Waals surface area contributed by atoms with Crippen LogP contribution in [-0.4, -0.2) is 38.3 Å². The van der Waals surface area contributed by atoms with Gasteiger partial charge in [-0.15, -0.1) is 0 Å². The van der Waals surface area contributed by atoms with Gasteiger partial charge in [-0.1, -0.05) is 12.8 Å². The van der Waals surface area contributed by atoms with Crippen molar-refractivity contribution in [2.24, 2.45) is 5.92 Å². The van der Waals surface area contributed by atoms with E-state index in [2.05, 4.69) is 10.6 Å². The Balaban J connectivity index is 1.36. The summed E-state index contributed by atoms with van der Waals surface area (Å²) in [7, 11) is 0. The largest absolute Gasteiger partial charge is 0.378 e. The molecule has 18 heavy (non-hydrogen) atoms. The van der Waals surface area contributed by atoms with Gasteiger partial charge in [0.15, 0.2) is 0 Å². The third-order valence-electron chi connectivity index (χ3n) is 3.71. The number of hydrogen-bond acceptors (Lipinski definition) is 3. The Morgan fingerprint density at radius 2 is 1.94 bits per heavy atom. The van der Waals surface area contributed by atoms with Crippen LogP contribution in [0, 0.1) is 5.92 Å². The van der Waals surface area contributed by atoms with E-state index in [0.29, 0.717) is 12.6 Å². The summed E-state index contributed by atoms with van der Waals surface area (Å²) >= 11 is 0. The van der Waals surface area contributed by atoms with Crippen molar-refractivity contribution in [2.75, 3.05) is 26.2 Å². The molecule has 0 aromatic heterocycles. The van der Waals surface area contributed by atoms with E-state index in [1.807, 2.05) is 0 Å². The first kappa shape index (κ1) is 13.8. The Morgan fingerprint density at radius 3 is 2.67 bits per heavy atom. The molecule has 0 atom stereocenters. The first-order valence-electron chi connectivity index (χ1n) is 7.43. The Kier molecular flexibility index (Phi) is 5.94. The summed E-state index contributed by atoms with van der Waals surface area (Å²) in [6.45, 7) is 2.97. The highest BCUT2D eigenvalue weighted by Gasteiger charge is 2.20. The molecular formula is C14H26N2O2. The van der Waals surface area contributed by atoms with Crippen molar-refractivity contribution in [3.63, 3.8) is 0 Å². The molecule has 2 N–H and O–H groups in total. The van der Waals surface area contributed by atoms with Crippen LogP contribution in [0.25, 0.3) is 0 Å². The number of amides is 1. The molecule has 2 saturated carbocycles. The highest BCUT2D eigenvalue weighted by molar-refractivity contribution is 5.77. The second-order valence-corrected chi connectivity index (χ2v) is 5.56. The van der Waals surface area contributed by atoms with Crippen molar-refractivity contribution in [1.82, 2.24) is 10.6 Å². The molecule has 0 radical (unpaired) electrons. The quantitative estimate of drug-likeness (QED) is 0.612. The SMILES string of the molecule is O=C(CNCC1CC1)NCCCOC1CCCC1. The maximum Gasteiger partial charge on any atom is 0.233 e. The van der Waals surface area contributed by atoms with Crippen molar-refractivity contribution in [2.45, 2.75) is 51.0 Å². The van der Waals surface area contributed by atoms with Crippen LogP contribution < -0.4 is 10.6 Å². The van der Waals surface area contributed by atoms with Crippen molar-refractivity contribution in [3.8, 4) is 0 Å². The molecule has 0 aromatic rings. The minimum Gasteiger partial charge on any atom is -0.378 e. The van der Waals surface area contributed by atoms with Crippen LogP contribution in [0.15, 0.2) is 0 Å². The molecule has 0 spiro atoms. The molecule has 0 bridgehead atoms. The average Bonchev–Trinajstić information content (AvgIpc) is 3.03. The summed E-state index contributed by atoms with van der Waals surface area (Å²) in [5.74, 6) is 0.939. The summed E-state index contributed by atoms with van der Waals surface area (Å²) in [5, 5.41) is 6.11. The lowest BCUT2D eigenvalue weighted by molar-refractivity contribution is -0.120. The Bertz CT molecular complexity index is 248. The van der Waals surface area contributed by atoms with Crippen molar-refractivity contribution < 1.29 is 9.53 Å². The fourth-order valence-electron chi connectivity index (χ4n) is 2.38. The van der Waals surface area contributed by atoms with Gasteiger partial charge < -0.3 is 15.4 Å². The molecule has 0 heterocycles. The molecule has 2 aliphatic rings. The van der Waals surface area contributed by atoms with Gasteiger partial charge >= 0.3 is 0 Å². The zero-order chi connectivity index (χ0) is 12.6. The molecule has 1 amide bonds. The number of carbonyl (C=O) groups excluding carboxylic acids is 1.